The Hall–Kier alpha value is -2.15. The van der Waals surface area contributed by atoms with Crippen LogP contribution < -0.4 is 10.5 Å². The minimum atomic E-state index is -3.77. The first-order valence-corrected chi connectivity index (χ1v) is 7.06. The third kappa shape index (κ3) is 2.82. The lowest BCUT2D eigenvalue weighted by Crippen LogP contribution is -2.16. The lowest BCUT2D eigenvalue weighted by molar-refractivity contribution is 0.601. The molecule has 0 spiro atoms. The van der Waals surface area contributed by atoms with E-state index in [0.717, 1.165) is 11.3 Å². The highest BCUT2D eigenvalue weighted by atomic mass is 32.2. The van der Waals surface area contributed by atoms with E-state index in [1.54, 1.807) is 12.1 Å². The number of hydrogen-bond acceptors (Lipinski definition) is 5. The lowest BCUT2D eigenvalue weighted by Gasteiger charge is -2.09. The maximum absolute atomic E-state index is 12.1. The monoisotopic (exact) mass is 278 g/mol. The molecule has 2 aromatic rings. The minimum absolute atomic E-state index is 0.0427. The normalized spacial score (nSPS) is 11.3. The molecule has 2 rings (SSSR count). The van der Waals surface area contributed by atoms with Crippen LogP contribution >= 0.6 is 0 Å². The molecule has 19 heavy (non-hydrogen) atoms. The van der Waals surface area contributed by atoms with E-state index in [-0.39, 0.29) is 16.5 Å². The van der Waals surface area contributed by atoms with Crippen LogP contribution in [0.5, 0.6) is 0 Å². The maximum atomic E-state index is 12.1. The predicted molar refractivity (Wildman–Crippen MR) is 73.2 cm³/mol. The van der Waals surface area contributed by atoms with E-state index in [4.69, 9.17) is 5.73 Å². The summed E-state index contributed by atoms with van der Waals surface area (Å²) >= 11 is 0. The van der Waals surface area contributed by atoms with Crippen LogP contribution in [0.15, 0.2) is 35.4 Å². The van der Waals surface area contributed by atoms with Crippen LogP contribution in [0, 0.1) is 13.8 Å². The Bertz CT molecular complexity index is 713. The fourth-order valence-electron chi connectivity index (χ4n) is 1.51. The van der Waals surface area contributed by atoms with Crippen LogP contribution in [-0.2, 0) is 10.0 Å². The maximum Gasteiger partial charge on any atom is 0.266 e. The molecule has 0 bridgehead atoms. The number of nitrogens with two attached hydrogens (primary N) is 1. The van der Waals surface area contributed by atoms with Crippen molar-refractivity contribution < 1.29 is 8.42 Å². The third-order valence-corrected chi connectivity index (χ3v) is 4.08. The highest BCUT2D eigenvalue weighted by molar-refractivity contribution is 7.92. The molecule has 6 nitrogen and oxygen atoms in total. The van der Waals surface area contributed by atoms with Gasteiger partial charge in [0.15, 0.2) is 0 Å². The van der Waals surface area contributed by atoms with Gasteiger partial charge in [-0.15, -0.1) is 0 Å². The molecule has 3 N–H and O–H groups in total. The van der Waals surface area contributed by atoms with Gasteiger partial charge in [-0.05, 0) is 37.6 Å². The Morgan fingerprint density at radius 1 is 1.21 bits per heavy atom. The molecular weight excluding hydrogens is 264 g/mol. The topological polar surface area (TPSA) is 98.0 Å². The molecule has 0 amide bonds. The molecule has 7 heteroatoms. The Kier molecular flexibility index (Phi) is 3.39. The van der Waals surface area contributed by atoms with Crippen LogP contribution in [-0.4, -0.2) is 18.4 Å². The summed E-state index contributed by atoms with van der Waals surface area (Å²) in [6.07, 6.45) is 1.43. The first-order valence-electron chi connectivity index (χ1n) is 5.58. The van der Waals surface area contributed by atoms with Gasteiger partial charge in [0.25, 0.3) is 10.0 Å². The Morgan fingerprint density at radius 2 is 1.95 bits per heavy atom. The number of hydrogen-bond donors (Lipinski definition) is 2. The first-order chi connectivity index (χ1) is 8.90. The molecule has 0 aromatic carbocycles. The Labute approximate surface area is 111 Å². The number of nitrogens with one attached hydrogen (secondary N) is 1. The molecule has 0 atom stereocenters. The average Bonchev–Trinajstić information content (AvgIpc) is 2.34. The Balaban J connectivity index is 2.37. The van der Waals surface area contributed by atoms with Crippen molar-refractivity contribution in [3.63, 3.8) is 0 Å². The van der Waals surface area contributed by atoms with Crippen LogP contribution in [0.1, 0.15) is 11.3 Å². The molecule has 0 saturated carbocycles. The second kappa shape index (κ2) is 4.85. The average molecular weight is 278 g/mol. The van der Waals surface area contributed by atoms with E-state index in [9.17, 15) is 8.42 Å². The largest absolute Gasteiger partial charge is 0.383 e. The van der Waals surface area contributed by atoms with Crippen molar-refractivity contribution in [2.45, 2.75) is 18.7 Å². The van der Waals surface area contributed by atoms with Gasteiger partial charge in [0, 0.05) is 11.9 Å². The van der Waals surface area contributed by atoms with Crippen molar-refractivity contribution in [2.24, 2.45) is 0 Å². The highest BCUT2D eigenvalue weighted by Gasteiger charge is 2.18. The van der Waals surface area contributed by atoms with Crippen LogP contribution in [0.25, 0.3) is 0 Å². The third-order valence-electron chi connectivity index (χ3n) is 2.68. The standard InChI is InChI=1S/C12H14N4O2S/c1-8-5-6-11(15-9(8)2)16-19(17,18)10-4-3-7-14-12(10)13/h3-7H,1-2H3,(H2,13,14)(H,15,16). The van der Waals surface area contributed by atoms with Crippen molar-refractivity contribution in [2.75, 3.05) is 10.5 Å². The molecule has 0 saturated heterocycles. The van der Waals surface area contributed by atoms with Gasteiger partial charge in [-0.1, -0.05) is 6.07 Å². The molecule has 2 aromatic heterocycles. The van der Waals surface area contributed by atoms with E-state index in [1.165, 1.54) is 18.3 Å². The van der Waals surface area contributed by atoms with Crippen molar-refractivity contribution in [3.8, 4) is 0 Å². The zero-order valence-electron chi connectivity index (χ0n) is 10.6. The summed E-state index contributed by atoms with van der Waals surface area (Å²) in [5, 5.41) is 0. The van der Waals surface area contributed by atoms with E-state index in [2.05, 4.69) is 14.7 Å². The zero-order valence-corrected chi connectivity index (χ0v) is 11.4. The van der Waals surface area contributed by atoms with Crippen LogP contribution in [0.2, 0.25) is 0 Å². The van der Waals surface area contributed by atoms with Crippen LogP contribution in [0.4, 0.5) is 11.6 Å². The summed E-state index contributed by atoms with van der Waals surface area (Å²) < 4.78 is 26.7. The van der Waals surface area contributed by atoms with E-state index in [0.29, 0.717) is 0 Å². The smallest absolute Gasteiger partial charge is 0.266 e. The van der Waals surface area contributed by atoms with E-state index >= 15 is 0 Å². The summed E-state index contributed by atoms with van der Waals surface area (Å²) in [6, 6.07) is 6.31. The molecule has 0 aliphatic rings. The number of nitrogen functional groups attached to an aromatic ring is 1. The molecule has 2 heterocycles. The predicted octanol–water partition coefficient (Wildman–Crippen LogP) is 1.48. The number of aryl methyl sites for hydroxylation is 2. The highest BCUT2D eigenvalue weighted by Crippen LogP contribution is 2.19. The van der Waals surface area contributed by atoms with E-state index < -0.39 is 10.0 Å². The van der Waals surface area contributed by atoms with Crippen LogP contribution in [0.3, 0.4) is 0 Å². The number of rotatable bonds is 3. The summed E-state index contributed by atoms with van der Waals surface area (Å²) in [4.78, 5) is 7.86. The van der Waals surface area contributed by atoms with Gasteiger partial charge in [0.2, 0.25) is 0 Å². The number of nitrogens with zero attached hydrogens (tertiary/aromatic N) is 2. The number of sulfonamides is 1. The van der Waals surface area contributed by atoms with Gasteiger partial charge in [-0.25, -0.2) is 18.4 Å². The van der Waals surface area contributed by atoms with Gasteiger partial charge >= 0.3 is 0 Å². The van der Waals surface area contributed by atoms with Gasteiger partial charge < -0.3 is 5.73 Å². The summed E-state index contributed by atoms with van der Waals surface area (Å²) in [5.41, 5.74) is 7.32. The zero-order chi connectivity index (χ0) is 14.0. The van der Waals surface area contributed by atoms with Crippen molar-refractivity contribution in [1.29, 1.82) is 0 Å². The molecule has 0 aliphatic carbocycles. The SMILES string of the molecule is Cc1ccc(NS(=O)(=O)c2cccnc2N)nc1C. The summed E-state index contributed by atoms with van der Waals surface area (Å²) in [6.45, 7) is 3.71. The number of pyridine rings is 2. The first kappa shape index (κ1) is 13.3. The number of aromatic nitrogens is 2. The summed E-state index contributed by atoms with van der Waals surface area (Å²) in [5.74, 6) is 0.213. The molecular formula is C12H14N4O2S. The quantitative estimate of drug-likeness (QED) is 0.886. The van der Waals surface area contributed by atoms with Gasteiger partial charge in [0.1, 0.15) is 16.5 Å². The Morgan fingerprint density at radius 3 is 2.58 bits per heavy atom. The molecule has 0 unspecified atom stereocenters. The summed E-state index contributed by atoms with van der Waals surface area (Å²) in [7, 11) is -3.77. The molecule has 0 radical (unpaired) electrons. The van der Waals surface area contributed by atoms with Gasteiger partial charge in [-0.3, -0.25) is 4.72 Å². The van der Waals surface area contributed by atoms with Crippen molar-refractivity contribution >= 4 is 21.7 Å². The molecule has 0 aliphatic heterocycles. The van der Waals surface area contributed by atoms with E-state index in [1.807, 2.05) is 13.8 Å². The van der Waals surface area contributed by atoms with Gasteiger partial charge in [-0.2, -0.15) is 0 Å². The second-order valence-corrected chi connectivity index (χ2v) is 5.74. The van der Waals surface area contributed by atoms with Gasteiger partial charge in [0.05, 0.1) is 0 Å². The lowest BCUT2D eigenvalue weighted by atomic mass is 10.2. The number of anilines is 2. The minimum Gasteiger partial charge on any atom is -0.383 e. The fourth-order valence-corrected chi connectivity index (χ4v) is 2.59. The van der Waals surface area contributed by atoms with Crippen molar-refractivity contribution in [3.05, 3.63) is 41.7 Å². The second-order valence-electron chi connectivity index (χ2n) is 4.09. The fraction of sp³-hybridized carbons (Fsp3) is 0.167. The molecule has 0 fully saturated rings. The molecule has 100 valence electrons. The van der Waals surface area contributed by atoms with Crippen molar-refractivity contribution in [1.82, 2.24) is 9.97 Å².